The predicted octanol–water partition coefficient (Wildman–Crippen LogP) is 1.70. The second kappa shape index (κ2) is 5.40. The molecule has 0 bridgehead atoms. The van der Waals surface area contributed by atoms with Crippen molar-refractivity contribution < 1.29 is 9.53 Å². The van der Waals surface area contributed by atoms with E-state index in [2.05, 4.69) is 5.32 Å². The Kier molecular flexibility index (Phi) is 3.87. The molecule has 0 atom stereocenters. The molecule has 1 aliphatic rings. The van der Waals surface area contributed by atoms with Gasteiger partial charge in [-0.2, -0.15) is 0 Å². The standard InChI is InChI=1S/C14H20N2O2/c1-18-12-6-4-5-11(9-12)13(17)16-14(10-15)7-2-3-8-14/h4-6,9H,2-3,7-8,10,15H2,1H3,(H,16,17). The highest BCUT2D eigenvalue weighted by Crippen LogP contribution is 2.29. The average molecular weight is 248 g/mol. The summed E-state index contributed by atoms with van der Waals surface area (Å²) in [6.45, 7) is 0.503. The van der Waals surface area contributed by atoms with Crippen LogP contribution in [-0.4, -0.2) is 25.1 Å². The molecular formula is C14H20N2O2. The van der Waals surface area contributed by atoms with Crippen LogP contribution in [-0.2, 0) is 0 Å². The van der Waals surface area contributed by atoms with Crippen LogP contribution in [0.3, 0.4) is 0 Å². The first-order valence-corrected chi connectivity index (χ1v) is 6.36. The van der Waals surface area contributed by atoms with E-state index >= 15 is 0 Å². The molecule has 1 aliphatic carbocycles. The van der Waals surface area contributed by atoms with E-state index in [0.29, 0.717) is 17.9 Å². The lowest BCUT2D eigenvalue weighted by Gasteiger charge is -2.28. The fourth-order valence-electron chi connectivity index (χ4n) is 2.51. The summed E-state index contributed by atoms with van der Waals surface area (Å²) in [7, 11) is 1.59. The fraction of sp³-hybridized carbons (Fsp3) is 0.500. The van der Waals surface area contributed by atoms with Crippen LogP contribution >= 0.6 is 0 Å². The highest BCUT2D eigenvalue weighted by Gasteiger charge is 2.34. The Labute approximate surface area is 108 Å². The molecule has 0 unspecified atom stereocenters. The Bertz CT molecular complexity index is 426. The van der Waals surface area contributed by atoms with Gasteiger partial charge in [-0.1, -0.05) is 18.9 Å². The van der Waals surface area contributed by atoms with Gasteiger partial charge in [0.15, 0.2) is 0 Å². The lowest BCUT2D eigenvalue weighted by atomic mass is 9.97. The van der Waals surface area contributed by atoms with Crippen LogP contribution < -0.4 is 15.8 Å². The van der Waals surface area contributed by atoms with Gasteiger partial charge in [-0.15, -0.1) is 0 Å². The van der Waals surface area contributed by atoms with Gasteiger partial charge in [-0.05, 0) is 31.0 Å². The highest BCUT2D eigenvalue weighted by atomic mass is 16.5. The summed E-state index contributed by atoms with van der Waals surface area (Å²) in [4.78, 5) is 12.2. The van der Waals surface area contributed by atoms with Crippen molar-refractivity contribution in [2.75, 3.05) is 13.7 Å². The maximum Gasteiger partial charge on any atom is 0.251 e. The summed E-state index contributed by atoms with van der Waals surface area (Å²) in [5.74, 6) is 0.622. The number of carbonyl (C=O) groups excluding carboxylic acids is 1. The molecule has 3 N–H and O–H groups in total. The van der Waals surface area contributed by atoms with Gasteiger partial charge in [0.1, 0.15) is 5.75 Å². The lowest BCUT2D eigenvalue weighted by Crippen LogP contribution is -2.51. The number of nitrogens with two attached hydrogens (primary N) is 1. The normalized spacial score (nSPS) is 17.4. The zero-order valence-electron chi connectivity index (χ0n) is 10.7. The maximum atomic E-state index is 12.2. The summed E-state index contributed by atoms with van der Waals surface area (Å²) >= 11 is 0. The monoisotopic (exact) mass is 248 g/mol. The quantitative estimate of drug-likeness (QED) is 0.852. The minimum absolute atomic E-state index is 0.0683. The maximum absolute atomic E-state index is 12.2. The number of ether oxygens (including phenoxy) is 1. The second-order valence-electron chi connectivity index (χ2n) is 4.88. The number of nitrogens with one attached hydrogen (secondary N) is 1. The van der Waals surface area contributed by atoms with Crippen molar-refractivity contribution in [3.05, 3.63) is 29.8 Å². The van der Waals surface area contributed by atoms with Crippen LogP contribution in [0.25, 0.3) is 0 Å². The first-order chi connectivity index (χ1) is 8.69. The minimum atomic E-state index is -0.208. The summed E-state index contributed by atoms with van der Waals surface area (Å²) in [6, 6.07) is 7.17. The van der Waals surface area contributed by atoms with E-state index in [1.54, 1.807) is 19.2 Å². The van der Waals surface area contributed by atoms with Crippen LogP contribution in [0.1, 0.15) is 36.0 Å². The Morgan fingerprint density at radius 2 is 2.17 bits per heavy atom. The summed E-state index contributed by atoms with van der Waals surface area (Å²) < 4.78 is 5.12. The zero-order chi connectivity index (χ0) is 13.0. The Morgan fingerprint density at radius 3 is 2.78 bits per heavy atom. The summed E-state index contributed by atoms with van der Waals surface area (Å²) in [5.41, 5.74) is 6.22. The number of rotatable bonds is 4. The third kappa shape index (κ3) is 2.64. The van der Waals surface area contributed by atoms with Crippen molar-refractivity contribution in [2.45, 2.75) is 31.2 Å². The number of hydrogen-bond acceptors (Lipinski definition) is 3. The smallest absolute Gasteiger partial charge is 0.251 e. The number of carbonyl (C=O) groups is 1. The van der Waals surface area contributed by atoms with Gasteiger partial charge in [0.25, 0.3) is 5.91 Å². The zero-order valence-corrected chi connectivity index (χ0v) is 10.7. The Hall–Kier alpha value is -1.55. The van der Waals surface area contributed by atoms with Crippen molar-refractivity contribution in [3.63, 3.8) is 0 Å². The first-order valence-electron chi connectivity index (χ1n) is 6.36. The third-order valence-corrected chi connectivity index (χ3v) is 3.66. The lowest BCUT2D eigenvalue weighted by molar-refractivity contribution is 0.0902. The molecular weight excluding hydrogens is 228 g/mol. The summed E-state index contributed by atoms with van der Waals surface area (Å²) in [6.07, 6.45) is 4.21. The van der Waals surface area contributed by atoms with Crippen molar-refractivity contribution in [1.29, 1.82) is 0 Å². The van der Waals surface area contributed by atoms with Crippen LogP contribution in [0.5, 0.6) is 5.75 Å². The molecule has 2 rings (SSSR count). The van der Waals surface area contributed by atoms with E-state index in [0.717, 1.165) is 25.7 Å². The molecule has 98 valence electrons. The van der Waals surface area contributed by atoms with Crippen LogP contribution in [0.15, 0.2) is 24.3 Å². The van der Waals surface area contributed by atoms with E-state index in [9.17, 15) is 4.79 Å². The van der Waals surface area contributed by atoms with Crippen molar-refractivity contribution in [3.8, 4) is 5.75 Å². The van der Waals surface area contributed by atoms with Gasteiger partial charge < -0.3 is 15.8 Å². The van der Waals surface area contributed by atoms with Gasteiger partial charge in [0.2, 0.25) is 0 Å². The third-order valence-electron chi connectivity index (χ3n) is 3.66. The van der Waals surface area contributed by atoms with E-state index in [-0.39, 0.29) is 11.4 Å². The van der Waals surface area contributed by atoms with Gasteiger partial charge >= 0.3 is 0 Å². The van der Waals surface area contributed by atoms with Gasteiger partial charge in [-0.3, -0.25) is 4.79 Å². The number of hydrogen-bond donors (Lipinski definition) is 2. The number of amides is 1. The van der Waals surface area contributed by atoms with Crippen LogP contribution in [0.4, 0.5) is 0 Å². The molecule has 0 aliphatic heterocycles. The topological polar surface area (TPSA) is 64.3 Å². The molecule has 0 radical (unpaired) electrons. The number of methoxy groups -OCH3 is 1. The second-order valence-corrected chi connectivity index (χ2v) is 4.88. The molecule has 1 aromatic rings. The largest absolute Gasteiger partial charge is 0.497 e. The molecule has 18 heavy (non-hydrogen) atoms. The van der Waals surface area contributed by atoms with Crippen molar-refractivity contribution >= 4 is 5.91 Å². The predicted molar refractivity (Wildman–Crippen MR) is 70.7 cm³/mol. The van der Waals surface area contributed by atoms with Crippen LogP contribution in [0.2, 0.25) is 0 Å². The molecule has 0 spiro atoms. The van der Waals surface area contributed by atoms with E-state index in [1.165, 1.54) is 0 Å². The first kappa shape index (κ1) is 12.9. The van der Waals surface area contributed by atoms with Gasteiger partial charge in [0.05, 0.1) is 12.6 Å². The fourth-order valence-corrected chi connectivity index (χ4v) is 2.51. The summed E-state index contributed by atoms with van der Waals surface area (Å²) in [5, 5.41) is 3.09. The highest BCUT2D eigenvalue weighted by molar-refractivity contribution is 5.95. The molecule has 1 fully saturated rings. The van der Waals surface area contributed by atoms with Gasteiger partial charge in [0, 0.05) is 12.1 Å². The molecule has 1 amide bonds. The molecule has 1 aromatic carbocycles. The Balaban J connectivity index is 2.11. The molecule has 0 aromatic heterocycles. The van der Waals surface area contributed by atoms with E-state index in [1.807, 2.05) is 12.1 Å². The van der Waals surface area contributed by atoms with Crippen LogP contribution in [0, 0.1) is 0 Å². The van der Waals surface area contributed by atoms with Crippen molar-refractivity contribution in [2.24, 2.45) is 5.73 Å². The molecule has 4 nitrogen and oxygen atoms in total. The van der Waals surface area contributed by atoms with Crippen molar-refractivity contribution in [1.82, 2.24) is 5.32 Å². The molecule has 4 heteroatoms. The SMILES string of the molecule is COc1cccc(C(=O)NC2(CN)CCCC2)c1. The molecule has 0 heterocycles. The Morgan fingerprint density at radius 1 is 1.44 bits per heavy atom. The molecule has 0 saturated heterocycles. The molecule has 1 saturated carbocycles. The number of benzene rings is 1. The minimum Gasteiger partial charge on any atom is -0.497 e. The van der Waals surface area contributed by atoms with E-state index < -0.39 is 0 Å². The van der Waals surface area contributed by atoms with E-state index in [4.69, 9.17) is 10.5 Å². The average Bonchev–Trinajstić information content (AvgIpc) is 2.88. The van der Waals surface area contributed by atoms with Gasteiger partial charge in [-0.25, -0.2) is 0 Å².